The standard InChI is InChI=1S/C35H39N9O3/c1-19-23-10-8-20-16-27(43(32(20)40-23)14-6-4-5-7-24-30(34(45)39-19)38-13-12-37-24)33-41-25-15-22(17-28(47-3)31(25)42(33)2)35(46)44-18-21-9-11-26(44)29(21)36/h8,10,12-13,15-17,19,21,26,29H,4-7,9,11,14,18,36H2,1-3H3,(H,39,45)/t19-,21-,26-,29-/m1/s1. The van der Waals surface area contributed by atoms with Gasteiger partial charge in [-0.2, -0.15) is 0 Å². The lowest BCUT2D eigenvalue weighted by atomic mass is 10.1. The highest BCUT2D eigenvalue weighted by molar-refractivity contribution is 6.00. The van der Waals surface area contributed by atoms with Crippen molar-refractivity contribution in [1.82, 2.24) is 39.3 Å². The summed E-state index contributed by atoms with van der Waals surface area (Å²) in [6.07, 6.45) is 8.66. The zero-order valence-electron chi connectivity index (χ0n) is 26.9. The molecule has 4 atom stereocenters. The first-order chi connectivity index (χ1) is 22.8. The number of nitrogens with zero attached hydrogens (tertiary/aromatic N) is 7. The highest BCUT2D eigenvalue weighted by Gasteiger charge is 2.47. The van der Waals surface area contributed by atoms with E-state index in [0.29, 0.717) is 47.1 Å². The molecule has 1 aromatic carbocycles. The van der Waals surface area contributed by atoms with E-state index in [2.05, 4.69) is 32.0 Å². The summed E-state index contributed by atoms with van der Waals surface area (Å²) in [6, 6.07) is 9.65. The van der Waals surface area contributed by atoms with Crippen LogP contribution in [0.1, 0.15) is 77.3 Å². The maximum Gasteiger partial charge on any atom is 0.272 e. The Morgan fingerprint density at radius 1 is 1.06 bits per heavy atom. The summed E-state index contributed by atoms with van der Waals surface area (Å²) in [5.74, 6) is 1.47. The van der Waals surface area contributed by atoms with E-state index in [-0.39, 0.29) is 29.9 Å². The van der Waals surface area contributed by atoms with Crippen LogP contribution in [0.4, 0.5) is 0 Å². The van der Waals surface area contributed by atoms with E-state index in [1.54, 1.807) is 19.5 Å². The van der Waals surface area contributed by atoms with Crippen molar-refractivity contribution < 1.29 is 14.3 Å². The number of pyridine rings is 1. The molecule has 8 rings (SSSR count). The van der Waals surface area contributed by atoms with Gasteiger partial charge in [0.05, 0.1) is 35.8 Å². The largest absolute Gasteiger partial charge is 0.494 e. The second-order valence-electron chi connectivity index (χ2n) is 13.2. The molecule has 5 aromatic rings. The lowest BCUT2D eigenvalue weighted by molar-refractivity contribution is 0.0700. The number of fused-ring (bicyclic) bond motifs is 5. The summed E-state index contributed by atoms with van der Waals surface area (Å²) >= 11 is 0. The van der Waals surface area contributed by atoms with E-state index in [9.17, 15) is 9.59 Å². The molecule has 0 radical (unpaired) electrons. The second-order valence-corrected chi connectivity index (χ2v) is 13.2. The SMILES string of the molecule is COc1cc(C(=O)N2C[C@H]3CC[C@@H]2[C@@H]3N)cc2nc(-c3cc4ccc5nc4n3CCCCCc3nccnc3C(=O)N[C@@H]5C)n(C)c12. The lowest BCUT2D eigenvalue weighted by Gasteiger charge is -2.27. The summed E-state index contributed by atoms with van der Waals surface area (Å²) < 4.78 is 10.1. The molecule has 0 spiro atoms. The number of rotatable bonds is 3. The van der Waals surface area contributed by atoms with Gasteiger partial charge in [-0.05, 0) is 75.3 Å². The Labute approximate surface area is 272 Å². The van der Waals surface area contributed by atoms with E-state index in [0.717, 1.165) is 72.4 Å². The molecule has 1 aliphatic carbocycles. The van der Waals surface area contributed by atoms with Crippen LogP contribution in [0.15, 0.2) is 42.7 Å². The Morgan fingerprint density at radius 2 is 1.91 bits per heavy atom. The van der Waals surface area contributed by atoms with Crippen LogP contribution in [-0.2, 0) is 20.0 Å². The number of ether oxygens (including phenoxy) is 1. The maximum atomic E-state index is 13.8. The molecule has 1 saturated heterocycles. The molecule has 12 heteroatoms. The fourth-order valence-corrected chi connectivity index (χ4v) is 7.88. The van der Waals surface area contributed by atoms with Gasteiger partial charge in [0, 0.05) is 55.6 Å². The van der Waals surface area contributed by atoms with Crippen molar-refractivity contribution in [1.29, 1.82) is 0 Å². The summed E-state index contributed by atoms with van der Waals surface area (Å²) in [5.41, 5.74) is 12.1. The molecule has 47 heavy (non-hydrogen) atoms. The third-order valence-corrected chi connectivity index (χ3v) is 10.4. The molecule has 2 aliphatic heterocycles. The first-order valence-electron chi connectivity index (χ1n) is 16.5. The number of nitrogens with two attached hydrogens (primary N) is 1. The average Bonchev–Trinajstić information content (AvgIpc) is 3.82. The molecule has 1 saturated carbocycles. The van der Waals surface area contributed by atoms with E-state index in [1.807, 2.05) is 41.6 Å². The quantitative estimate of drug-likeness (QED) is 0.301. The van der Waals surface area contributed by atoms with Gasteiger partial charge in [0.25, 0.3) is 11.8 Å². The van der Waals surface area contributed by atoms with Crippen molar-refractivity contribution >= 4 is 33.9 Å². The number of imidazole rings is 1. The van der Waals surface area contributed by atoms with E-state index in [1.165, 1.54) is 0 Å². The van der Waals surface area contributed by atoms with Crippen LogP contribution in [0.3, 0.4) is 0 Å². The number of aryl methyl sites for hydroxylation is 3. The Kier molecular flexibility index (Phi) is 7.20. The van der Waals surface area contributed by atoms with Gasteiger partial charge in [-0.15, -0.1) is 0 Å². The minimum atomic E-state index is -0.340. The van der Waals surface area contributed by atoms with Crippen LogP contribution in [0, 0.1) is 5.92 Å². The van der Waals surface area contributed by atoms with Crippen molar-refractivity contribution in [2.24, 2.45) is 18.7 Å². The fourth-order valence-electron chi connectivity index (χ4n) is 7.88. The van der Waals surface area contributed by atoms with Crippen molar-refractivity contribution in [3.63, 3.8) is 0 Å². The molecule has 12 nitrogen and oxygen atoms in total. The molecule has 4 bridgehead atoms. The third kappa shape index (κ3) is 4.84. The first-order valence-corrected chi connectivity index (χ1v) is 16.5. The van der Waals surface area contributed by atoms with E-state index in [4.69, 9.17) is 20.4 Å². The van der Waals surface area contributed by atoms with Crippen LogP contribution in [0.2, 0.25) is 0 Å². The Hall–Kier alpha value is -4.84. The number of hydrogen-bond acceptors (Lipinski definition) is 8. The van der Waals surface area contributed by atoms with Gasteiger partial charge < -0.3 is 29.8 Å². The Bertz CT molecular complexity index is 2050. The number of carbonyl (C=O) groups excluding carboxylic acids is 2. The number of carbonyl (C=O) groups is 2. The molecular weight excluding hydrogens is 594 g/mol. The summed E-state index contributed by atoms with van der Waals surface area (Å²) in [7, 11) is 3.61. The number of benzene rings is 1. The molecule has 4 aromatic heterocycles. The topological polar surface area (TPSA) is 146 Å². The number of aromatic nitrogens is 6. The van der Waals surface area contributed by atoms with Gasteiger partial charge in [0.2, 0.25) is 0 Å². The zero-order valence-corrected chi connectivity index (χ0v) is 26.9. The third-order valence-electron chi connectivity index (χ3n) is 10.4. The Balaban J connectivity index is 1.19. The predicted molar refractivity (Wildman–Crippen MR) is 177 cm³/mol. The van der Waals surface area contributed by atoms with E-state index < -0.39 is 0 Å². The van der Waals surface area contributed by atoms with Crippen LogP contribution in [-0.4, -0.2) is 71.5 Å². The first kappa shape index (κ1) is 29.6. The number of nitrogens with one attached hydrogen (secondary N) is 1. The van der Waals surface area contributed by atoms with Crippen molar-refractivity contribution in [2.75, 3.05) is 13.7 Å². The van der Waals surface area contributed by atoms with Crippen molar-refractivity contribution in [3.05, 3.63) is 65.4 Å². The summed E-state index contributed by atoms with van der Waals surface area (Å²) in [4.78, 5) is 47.9. The highest BCUT2D eigenvalue weighted by atomic mass is 16.5. The minimum absolute atomic E-state index is 0.0196. The van der Waals surface area contributed by atoms with Crippen LogP contribution in [0.25, 0.3) is 33.6 Å². The van der Waals surface area contributed by atoms with Gasteiger partial charge in [0.15, 0.2) is 5.82 Å². The number of methoxy groups -OCH3 is 1. The van der Waals surface area contributed by atoms with Gasteiger partial charge in [-0.3, -0.25) is 14.6 Å². The number of amides is 2. The van der Waals surface area contributed by atoms with E-state index >= 15 is 0 Å². The fraction of sp³-hybridized carbons (Fsp3) is 0.429. The van der Waals surface area contributed by atoms with Crippen molar-refractivity contribution in [3.8, 4) is 17.3 Å². The van der Waals surface area contributed by atoms with Gasteiger partial charge in [0.1, 0.15) is 22.6 Å². The zero-order chi connectivity index (χ0) is 32.4. The molecule has 3 aliphatic rings. The Morgan fingerprint density at radius 3 is 2.70 bits per heavy atom. The van der Waals surface area contributed by atoms with Crippen LogP contribution in [0.5, 0.6) is 5.75 Å². The summed E-state index contributed by atoms with van der Waals surface area (Å²) in [5, 5.41) is 4.06. The molecule has 6 heterocycles. The van der Waals surface area contributed by atoms with Crippen LogP contribution >= 0.6 is 0 Å². The normalized spacial score (nSPS) is 22.9. The van der Waals surface area contributed by atoms with Gasteiger partial charge in [-0.1, -0.05) is 6.42 Å². The van der Waals surface area contributed by atoms with Gasteiger partial charge >= 0.3 is 0 Å². The number of likely N-dealkylation sites (tertiary alicyclic amines) is 1. The highest BCUT2D eigenvalue weighted by Crippen LogP contribution is 2.39. The second kappa shape index (κ2) is 11.4. The molecule has 2 fully saturated rings. The summed E-state index contributed by atoms with van der Waals surface area (Å²) in [6.45, 7) is 3.38. The lowest BCUT2D eigenvalue weighted by Crippen LogP contribution is -2.41. The molecule has 2 amide bonds. The molecular formula is C35H39N9O3. The predicted octanol–water partition coefficient (Wildman–Crippen LogP) is 4.17. The van der Waals surface area contributed by atoms with Crippen LogP contribution < -0.4 is 15.8 Å². The average molecular weight is 634 g/mol. The molecule has 0 unspecified atom stereocenters. The number of hydrogen-bond donors (Lipinski definition) is 2. The smallest absolute Gasteiger partial charge is 0.272 e. The van der Waals surface area contributed by atoms with Gasteiger partial charge in [-0.25, -0.2) is 15.0 Å². The minimum Gasteiger partial charge on any atom is -0.494 e. The molecule has 3 N–H and O–H groups in total. The monoisotopic (exact) mass is 633 g/mol. The number of piperidine rings is 1. The van der Waals surface area contributed by atoms with Crippen molar-refractivity contribution in [2.45, 2.75) is 70.1 Å². The maximum absolute atomic E-state index is 13.8. The molecule has 242 valence electrons.